The Morgan fingerprint density at radius 3 is 2.73 bits per heavy atom. The molecule has 0 spiro atoms. The van der Waals surface area contributed by atoms with Gasteiger partial charge in [0.05, 0.1) is 0 Å². The first-order valence-corrected chi connectivity index (χ1v) is 10.9. The third-order valence-corrected chi connectivity index (χ3v) is 6.24. The molecular formula is C23H32N4O3. The first kappa shape index (κ1) is 21.0. The van der Waals surface area contributed by atoms with Gasteiger partial charge in [0.2, 0.25) is 0 Å². The van der Waals surface area contributed by atoms with Crippen LogP contribution in [0.5, 0.6) is 0 Å². The summed E-state index contributed by atoms with van der Waals surface area (Å²) in [5, 5.41) is 3.38. The molecule has 2 aliphatic rings. The van der Waals surface area contributed by atoms with E-state index in [0.29, 0.717) is 12.6 Å². The SMILES string of the molecule is CCN(c1nccc(C2OC2NCc2c(C)cc(C)[nH]c2=O)c1C)C1CCOCC1. The molecule has 2 aromatic heterocycles. The van der Waals surface area contributed by atoms with E-state index in [1.54, 1.807) is 0 Å². The van der Waals surface area contributed by atoms with E-state index in [4.69, 9.17) is 14.5 Å². The van der Waals surface area contributed by atoms with Crippen molar-refractivity contribution in [1.29, 1.82) is 0 Å². The van der Waals surface area contributed by atoms with Crippen LogP contribution < -0.4 is 15.8 Å². The molecule has 162 valence electrons. The Labute approximate surface area is 177 Å². The normalized spacial score (nSPS) is 21.6. The highest BCUT2D eigenvalue weighted by Gasteiger charge is 2.41. The Hall–Kier alpha value is -2.22. The van der Waals surface area contributed by atoms with E-state index >= 15 is 0 Å². The lowest BCUT2D eigenvalue weighted by Crippen LogP contribution is -2.40. The molecule has 2 saturated heterocycles. The van der Waals surface area contributed by atoms with E-state index in [1.165, 1.54) is 5.56 Å². The maximum atomic E-state index is 12.2. The molecule has 2 unspecified atom stereocenters. The Bertz CT molecular complexity index is 952. The Morgan fingerprint density at radius 2 is 2.03 bits per heavy atom. The Morgan fingerprint density at radius 1 is 1.27 bits per heavy atom. The number of ether oxygens (including phenoxy) is 2. The maximum absolute atomic E-state index is 12.2. The molecule has 0 aliphatic carbocycles. The third-order valence-electron chi connectivity index (χ3n) is 6.24. The van der Waals surface area contributed by atoms with Crippen LogP contribution in [0.3, 0.4) is 0 Å². The second-order valence-corrected chi connectivity index (χ2v) is 8.28. The van der Waals surface area contributed by atoms with E-state index < -0.39 is 0 Å². The molecule has 2 aromatic rings. The van der Waals surface area contributed by atoms with Gasteiger partial charge in [0.25, 0.3) is 5.56 Å². The van der Waals surface area contributed by atoms with Gasteiger partial charge in [-0.2, -0.15) is 0 Å². The van der Waals surface area contributed by atoms with Crippen LogP contribution in [0.25, 0.3) is 0 Å². The quantitative estimate of drug-likeness (QED) is 0.681. The molecule has 0 aromatic carbocycles. The average Bonchev–Trinajstić information content (AvgIpc) is 3.49. The van der Waals surface area contributed by atoms with E-state index in [9.17, 15) is 4.79 Å². The predicted molar refractivity (Wildman–Crippen MR) is 117 cm³/mol. The van der Waals surface area contributed by atoms with Gasteiger partial charge < -0.3 is 19.4 Å². The molecule has 0 bridgehead atoms. The van der Waals surface area contributed by atoms with Crippen LogP contribution in [0, 0.1) is 20.8 Å². The zero-order valence-corrected chi connectivity index (χ0v) is 18.3. The summed E-state index contributed by atoms with van der Waals surface area (Å²) in [5.74, 6) is 1.04. The molecule has 4 heterocycles. The van der Waals surface area contributed by atoms with Crippen LogP contribution in [0.15, 0.2) is 23.1 Å². The van der Waals surface area contributed by atoms with Crippen LogP contribution >= 0.6 is 0 Å². The van der Waals surface area contributed by atoms with Gasteiger partial charge in [-0.05, 0) is 69.4 Å². The monoisotopic (exact) mass is 412 g/mol. The minimum atomic E-state index is -0.0859. The van der Waals surface area contributed by atoms with E-state index in [-0.39, 0.29) is 17.9 Å². The fraction of sp³-hybridized carbons (Fsp3) is 0.565. The number of nitrogens with one attached hydrogen (secondary N) is 2. The molecule has 0 radical (unpaired) electrons. The summed E-state index contributed by atoms with van der Waals surface area (Å²) in [4.78, 5) is 22.2. The molecule has 2 fully saturated rings. The second-order valence-electron chi connectivity index (χ2n) is 8.28. The zero-order chi connectivity index (χ0) is 21.3. The van der Waals surface area contributed by atoms with Gasteiger partial charge in [0.15, 0.2) is 0 Å². The molecular weight excluding hydrogens is 380 g/mol. The summed E-state index contributed by atoms with van der Waals surface area (Å²) >= 11 is 0. The van der Waals surface area contributed by atoms with Gasteiger partial charge in [-0.1, -0.05) is 0 Å². The predicted octanol–water partition coefficient (Wildman–Crippen LogP) is 2.89. The van der Waals surface area contributed by atoms with Gasteiger partial charge in [-0.15, -0.1) is 0 Å². The number of nitrogens with zero attached hydrogens (tertiary/aromatic N) is 2. The summed E-state index contributed by atoms with van der Waals surface area (Å²) < 4.78 is 11.5. The third kappa shape index (κ3) is 4.29. The summed E-state index contributed by atoms with van der Waals surface area (Å²) in [6.07, 6.45) is 3.86. The van der Waals surface area contributed by atoms with Crippen molar-refractivity contribution in [1.82, 2.24) is 15.3 Å². The molecule has 30 heavy (non-hydrogen) atoms. The van der Waals surface area contributed by atoms with Gasteiger partial charge in [0, 0.05) is 49.8 Å². The standard InChI is InChI=1S/C23H32N4O3/c1-5-27(17-7-10-29-11-8-17)21-16(4)18(6-9-24-21)20-23(30-20)25-13-19-14(2)12-15(3)26-22(19)28/h6,9,12,17,20,23,25H,5,7-8,10-11,13H2,1-4H3,(H,26,28). The molecule has 7 nitrogen and oxygen atoms in total. The van der Waals surface area contributed by atoms with E-state index in [1.807, 2.05) is 32.2 Å². The van der Waals surface area contributed by atoms with Gasteiger partial charge in [-0.25, -0.2) is 4.98 Å². The van der Waals surface area contributed by atoms with Gasteiger partial charge in [-0.3, -0.25) is 10.1 Å². The number of hydrogen-bond acceptors (Lipinski definition) is 6. The molecule has 4 rings (SSSR count). The number of pyridine rings is 2. The highest BCUT2D eigenvalue weighted by atomic mass is 16.6. The summed E-state index contributed by atoms with van der Waals surface area (Å²) in [7, 11) is 0. The van der Waals surface area contributed by atoms with Crippen LogP contribution in [0.1, 0.15) is 53.8 Å². The van der Waals surface area contributed by atoms with Crippen molar-refractivity contribution in [3.63, 3.8) is 0 Å². The summed E-state index contributed by atoms with van der Waals surface area (Å²) in [5.41, 5.74) is 4.94. The fourth-order valence-corrected chi connectivity index (χ4v) is 4.52. The first-order valence-electron chi connectivity index (χ1n) is 10.9. The molecule has 2 N–H and O–H groups in total. The van der Waals surface area contributed by atoms with Gasteiger partial charge >= 0.3 is 0 Å². The number of aromatic amines is 1. The van der Waals surface area contributed by atoms with Gasteiger partial charge in [0.1, 0.15) is 18.1 Å². The number of epoxide rings is 1. The lowest BCUT2D eigenvalue weighted by atomic mass is 10.0. The van der Waals surface area contributed by atoms with Crippen LogP contribution in [0.4, 0.5) is 5.82 Å². The highest BCUT2D eigenvalue weighted by Crippen LogP contribution is 2.40. The lowest BCUT2D eigenvalue weighted by Gasteiger charge is -2.35. The maximum Gasteiger partial charge on any atom is 0.252 e. The van der Waals surface area contributed by atoms with Crippen molar-refractivity contribution in [2.45, 2.75) is 65.5 Å². The molecule has 2 atom stereocenters. The second kappa shape index (κ2) is 8.88. The number of rotatable bonds is 7. The van der Waals surface area contributed by atoms with Crippen molar-refractivity contribution in [2.24, 2.45) is 0 Å². The van der Waals surface area contributed by atoms with Crippen molar-refractivity contribution < 1.29 is 9.47 Å². The minimum absolute atomic E-state index is 0.00928. The minimum Gasteiger partial charge on any atom is -0.381 e. The number of anilines is 1. The topological polar surface area (TPSA) is 82.8 Å². The smallest absolute Gasteiger partial charge is 0.252 e. The van der Waals surface area contributed by atoms with Crippen molar-refractivity contribution >= 4 is 5.82 Å². The van der Waals surface area contributed by atoms with E-state index in [0.717, 1.165) is 60.8 Å². The fourth-order valence-electron chi connectivity index (χ4n) is 4.52. The zero-order valence-electron chi connectivity index (χ0n) is 18.3. The molecule has 7 heteroatoms. The summed E-state index contributed by atoms with van der Waals surface area (Å²) in [6.45, 7) is 11.2. The van der Waals surface area contributed by atoms with Crippen LogP contribution in [-0.4, -0.2) is 42.0 Å². The Balaban J connectivity index is 1.46. The first-order chi connectivity index (χ1) is 14.5. The molecule has 0 amide bonds. The lowest BCUT2D eigenvalue weighted by molar-refractivity contribution is 0.0845. The van der Waals surface area contributed by atoms with Crippen molar-refractivity contribution in [2.75, 3.05) is 24.7 Å². The number of aryl methyl sites for hydroxylation is 2. The number of aromatic nitrogens is 2. The van der Waals surface area contributed by atoms with Crippen molar-refractivity contribution in [3.8, 4) is 0 Å². The summed E-state index contributed by atoms with van der Waals surface area (Å²) in [6, 6.07) is 4.52. The van der Waals surface area contributed by atoms with Crippen molar-refractivity contribution in [3.05, 3.63) is 56.6 Å². The number of H-pyrrole nitrogens is 1. The highest BCUT2D eigenvalue weighted by molar-refractivity contribution is 5.52. The van der Waals surface area contributed by atoms with Crippen LogP contribution in [0.2, 0.25) is 0 Å². The number of hydrogen-bond donors (Lipinski definition) is 2. The molecule has 0 saturated carbocycles. The average molecular weight is 413 g/mol. The van der Waals surface area contributed by atoms with Crippen LogP contribution in [-0.2, 0) is 16.0 Å². The Kier molecular flexibility index (Phi) is 6.22. The largest absolute Gasteiger partial charge is 0.381 e. The molecule has 2 aliphatic heterocycles. The van der Waals surface area contributed by atoms with E-state index in [2.05, 4.69) is 29.0 Å².